The van der Waals surface area contributed by atoms with Crippen LogP contribution in [0.2, 0.25) is 0 Å². The molecule has 0 amide bonds. The number of hydrogen-bond donors (Lipinski definition) is 1. The molecule has 1 N–H and O–H groups in total. The van der Waals surface area contributed by atoms with E-state index in [4.69, 9.17) is 15.0 Å². The summed E-state index contributed by atoms with van der Waals surface area (Å²) in [4.78, 5) is 15.9. The van der Waals surface area contributed by atoms with Crippen molar-refractivity contribution in [1.29, 1.82) is 0 Å². The summed E-state index contributed by atoms with van der Waals surface area (Å²) in [7, 11) is 0. The summed E-state index contributed by atoms with van der Waals surface area (Å²) < 4.78 is 0. The quantitative estimate of drug-likeness (QED) is 0.191. The minimum absolute atomic E-state index is 0.164. The zero-order valence-electron chi connectivity index (χ0n) is 29.0. The Kier molecular flexibility index (Phi) is 7.44. The van der Waals surface area contributed by atoms with Gasteiger partial charge in [-0.15, -0.1) is 0 Å². The number of benzene rings is 5. The van der Waals surface area contributed by atoms with E-state index in [0.29, 0.717) is 17.8 Å². The van der Waals surface area contributed by atoms with E-state index in [0.717, 1.165) is 54.5 Å². The normalized spacial score (nSPS) is 26.6. The largest absolute Gasteiger partial charge is 0.347 e. The van der Waals surface area contributed by atoms with Gasteiger partial charge in [0.05, 0.1) is 0 Å². The molecule has 2 heterocycles. The van der Waals surface area contributed by atoms with Crippen LogP contribution >= 0.6 is 0 Å². The van der Waals surface area contributed by atoms with Crippen LogP contribution < -0.4 is 5.32 Å². The first-order chi connectivity index (χ1) is 25.2. The van der Waals surface area contributed by atoms with Crippen molar-refractivity contribution >= 4 is 38.9 Å². The van der Waals surface area contributed by atoms with E-state index in [9.17, 15) is 0 Å². The molecule has 250 valence electrons. The van der Waals surface area contributed by atoms with Crippen LogP contribution in [0.1, 0.15) is 78.2 Å². The lowest BCUT2D eigenvalue weighted by molar-refractivity contribution is 0.374. The molecule has 0 radical (unpaired) electrons. The van der Waals surface area contributed by atoms with Gasteiger partial charge in [-0.25, -0.2) is 9.98 Å². The summed E-state index contributed by atoms with van der Waals surface area (Å²) in [6, 6.07) is 37.8. The number of nitrogens with zero attached hydrogens (tertiary/aromatic N) is 3. The van der Waals surface area contributed by atoms with Crippen molar-refractivity contribution in [1.82, 2.24) is 5.32 Å². The molecule has 0 spiro atoms. The molecule has 5 aromatic carbocycles. The second-order valence-corrected chi connectivity index (χ2v) is 15.2. The highest BCUT2D eigenvalue weighted by molar-refractivity contribution is 6.22. The van der Waals surface area contributed by atoms with Gasteiger partial charge in [0.1, 0.15) is 12.0 Å². The summed E-state index contributed by atoms with van der Waals surface area (Å²) in [5.41, 5.74) is 9.10. The zero-order valence-corrected chi connectivity index (χ0v) is 29.0. The molecule has 1 saturated carbocycles. The lowest BCUT2D eigenvalue weighted by Gasteiger charge is -2.40. The molecular weight excluding hydrogens is 621 g/mol. The van der Waals surface area contributed by atoms with Gasteiger partial charge in [0.2, 0.25) is 0 Å². The zero-order chi connectivity index (χ0) is 33.9. The molecule has 5 aromatic rings. The van der Waals surface area contributed by atoms with Crippen molar-refractivity contribution in [2.75, 3.05) is 6.54 Å². The summed E-state index contributed by atoms with van der Waals surface area (Å²) >= 11 is 0. The summed E-state index contributed by atoms with van der Waals surface area (Å²) in [5, 5.41) is 8.84. The molecule has 5 aliphatic rings. The number of allylic oxidation sites excluding steroid dienone is 5. The Morgan fingerprint density at radius 1 is 0.765 bits per heavy atom. The van der Waals surface area contributed by atoms with Gasteiger partial charge in [-0.1, -0.05) is 134 Å². The minimum Gasteiger partial charge on any atom is -0.347 e. The van der Waals surface area contributed by atoms with Crippen LogP contribution in [0.4, 0.5) is 0 Å². The molecule has 6 unspecified atom stereocenters. The third-order valence-corrected chi connectivity index (χ3v) is 12.0. The molecule has 4 heteroatoms. The topological polar surface area (TPSA) is 49.1 Å². The average molecular weight is 663 g/mol. The fraction of sp³-hybridized carbons (Fsp3) is 0.255. The van der Waals surface area contributed by atoms with Crippen molar-refractivity contribution in [3.8, 4) is 0 Å². The Balaban J connectivity index is 1.07. The molecular formula is C47H42N4. The van der Waals surface area contributed by atoms with Gasteiger partial charge >= 0.3 is 0 Å². The van der Waals surface area contributed by atoms with E-state index in [1.807, 2.05) is 0 Å². The maximum Gasteiger partial charge on any atom is 0.159 e. The summed E-state index contributed by atoms with van der Waals surface area (Å²) in [6.45, 7) is 3.19. The van der Waals surface area contributed by atoms with Crippen molar-refractivity contribution in [2.24, 2.45) is 26.8 Å². The fourth-order valence-electron chi connectivity index (χ4n) is 9.31. The Labute approximate surface area is 300 Å². The summed E-state index contributed by atoms with van der Waals surface area (Å²) in [5.74, 6) is 3.79. The number of hydrogen-bond acceptors (Lipinski definition) is 4. The predicted octanol–water partition coefficient (Wildman–Crippen LogP) is 10.4. The van der Waals surface area contributed by atoms with Gasteiger partial charge in [0.25, 0.3) is 0 Å². The molecule has 3 aliphatic carbocycles. The van der Waals surface area contributed by atoms with Gasteiger partial charge in [-0.3, -0.25) is 4.99 Å². The number of rotatable bonds is 4. The van der Waals surface area contributed by atoms with E-state index >= 15 is 0 Å². The lowest BCUT2D eigenvalue weighted by Crippen LogP contribution is -2.44. The maximum atomic E-state index is 5.48. The van der Waals surface area contributed by atoms with E-state index in [-0.39, 0.29) is 12.1 Å². The molecule has 1 fully saturated rings. The second-order valence-electron chi connectivity index (χ2n) is 15.2. The van der Waals surface area contributed by atoms with Crippen LogP contribution in [-0.2, 0) is 0 Å². The van der Waals surface area contributed by atoms with E-state index in [1.165, 1.54) is 55.9 Å². The summed E-state index contributed by atoms with van der Waals surface area (Å²) in [6.07, 6.45) is 16.1. The number of aliphatic imine (C=N–C) groups is 3. The first kappa shape index (κ1) is 30.5. The minimum atomic E-state index is -0.164. The van der Waals surface area contributed by atoms with E-state index < -0.39 is 0 Å². The SMILES string of the molecule is CC1CCC2=CC(c3ccc(C4=NC(C5CC6C=CC=CC6c6ccccc65)NC(c5cc6ccccc6c6ccccc56)=N4)cc3)CN=C2C1. The monoisotopic (exact) mass is 662 g/mol. The average Bonchev–Trinajstić information content (AvgIpc) is 3.20. The first-order valence-corrected chi connectivity index (χ1v) is 18.8. The smallest absolute Gasteiger partial charge is 0.159 e. The molecule has 51 heavy (non-hydrogen) atoms. The molecule has 0 aromatic heterocycles. The van der Waals surface area contributed by atoms with Crippen LogP contribution in [0.15, 0.2) is 154 Å². The number of fused-ring (bicyclic) bond motifs is 7. The Morgan fingerprint density at radius 2 is 1.53 bits per heavy atom. The standard InChI is InChI=1S/C47H42N4/c1-29-18-19-34-25-35(28-48-44(34)24-29)30-20-22-31(23-21-30)45-49-46(42-26-32-10-2-4-12-36(32)38-14-6-8-16-40(38)42)51-47(50-45)43-27-33-11-3-5-13-37(33)39-15-7-9-17-41(39)43/h2-17,20-23,25-26,29,33,35,37,43,47H,18-19,24,27-28H2,1H3,(H,49,50,51). The van der Waals surface area contributed by atoms with Crippen molar-refractivity contribution < 1.29 is 0 Å². The van der Waals surface area contributed by atoms with Crippen molar-refractivity contribution in [3.63, 3.8) is 0 Å². The Bertz CT molecular complexity index is 2370. The van der Waals surface area contributed by atoms with Crippen LogP contribution in [-0.4, -0.2) is 30.1 Å². The molecule has 0 saturated heterocycles. The maximum absolute atomic E-state index is 5.48. The Morgan fingerprint density at radius 3 is 2.41 bits per heavy atom. The van der Waals surface area contributed by atoms with Crippen LogP contribution in [0, 0.1) is 11.8 Å². The van der Waals surface area contributed by atoms with E-state index in [1.54, 1.807) is 0 Å². The molecule has 0 bridgehead atoms. The van der Waals surface area contributed by atoms with Crippen LogP contribution in [0.3, 0.4) is 0 Å². The van der Waals surface area contributed by atoms with Gasteiger partial charge in [-0.2, -0.15) is 0 Å². The lowest BCUT2D eigenvalue weighted by atomic mass is 9.68. The number of dihydropyridines is 1. The van der Waals surface area contributed by atoms with E-state index in [2.05, 4.69) is 146 Å². The fourth-order valence-corrected chi connectivity index (χ4v) is 9.31. The molecule has 10 rings (SSSR count). The molecule has 4 nitrogen and oxygen atoms in total. The number of amidine groups is 2. The third-order valence-electron chi connectivity index (χ3n) is 12.0. The molecule has 6 atom stereocenters. The van der Waals surface area contributed by atoms with Gasteiger partial charge < -0.3 is 5.32 Å². The predicted molar refractivity (Wildman–Crippen MR) is 212 cm³/mol. The van der Waals surface area contributed by atoms with Gasteiger partial charge in [-0.05, 0) is 87.4 Å². The highest BCUT2D eigenvalue weighted by Gasteiger charge is 2.38. The Hall–Kier alpha value is -5.35. The van der Waals surface area contributed by atoms with Gasteiger partial charge in [0.15, 0.2) is 5.84 Å². The third kappa shape index (κ3) is 5.40. The second kappa shape index (κ2) is 12.5. The van der Waals surface area contributed by atoms with Crippen molar-refractivity contribution in [3.05, 3.63) is 167 Å². The van der Waals surface area contributed by atoms with Crippen molar-refractivity contribution in [2.45, 2.75) is 56.5 Å². The highest BCUT2D eigenvalue weighted by atomic mass is 15.2. The van der Waals surface area contributed by atoms with Crippen LogP contribution in [0.5, 0.6) is 0 Å². The van der Waals surface area contributed by atoms with Gasteiger partial charge in [0, 0.05) is 41.1 Å². The van der Waals surface area contributed by atoms with Crippen LogP contribution in [0.25, 0.3) is 21.5 Å². The molecule has 2 aliphatic heterocycles. The highest BCUT2D eigenvalue weighted by Crippen LogP contribution is 2.47. The first-order valence-electron chi connectivity index (χ1n) is 18.8. The number of nitrogens with one attached hydrogen (secondary N) is 1.